The normalized spacial score (nSPS) is 13.7. The van der Waals surface area contributed by atoms with Gasteiger partial charge in [-0.05, 0) is 148 Å². The second kappa shape index (κ2) is 60.3. The van der Waals surface area contributed by atoms with Crippen LogP contribution in [0.4, 0.5) is 0 Å². The Hall–Kier alpha value is -5.00. The van der Waals surface area contributed by atoms with Gasteiger partial charge in [-0.1, -0.05) is 222 Å². The van der Waals surface area contributed by atoms with Crippen molar-refractivity contribution in [3.8, 4) is 0 Å². The highest BCUT2D eigenvalue weighted by Crippen LogP contribution is 2.11. The van der Waals surface area contributed by atoms with Gasteiger partial charge in [0.1, 0.15) is 6.61 Å². The largest absolute Gasteiger partial charge is 0.462 e. The lowest BCUT2D eigenvalue weighted by Gasteiger charge is -2.18. The van der Waals surface area contributed by atoms with Gasteiger partial charge in [0, 0.05) is 19.4 Å². The van der Waals surface area contributed by atoms with Crippen LogP contribution < -0.4 is 0 Å². The van der Waals surface area contributed by atoms with Crippen molar-refractivity contribution in [2.45, 2.75) is 207 Å². The SMILES string of the molecule is CC/C=C\C/C=C\C/C=C\C/C=C\C/C=C\C/C=C\CCCOCC(COC(=O)CCCCC/C=C\C/C=C\C/C=C\C/C=C\C/C=C\CC)OC(=O)CCCCCC/C=C\C/C=C\C/C=C\C/C=C\CC. The lowest BCUT2D eigenvalue weighted by molar-refractivity contribution is -0.163. The summed E-state index contributed by atoms with van der Waals surface area (Å²) >= 11 is 0. The Morgan fingerprint density at radius 3 is 0.931 bits per heavy atom. The van der Waals surface area contributed by atoms with Crippen molar-refractivity contribution < 1.29 is 23.8 Å². The quantitative estimate of drug-likeness (QED) is 0.0345. The van der Waals surface area contributed by atoms with Crippen LogP contribution in [0.5, 0.6) is 0 Å². The first kappa shape index (κ1) is 67.0. The second-order valence-electron chi connectivity index (χ2n) is 17.7. The minimum Gasteiger partial charge on any atom is -0.462 e. The molecule has 0 rings (SSSR count). The fourth-order valence-corrected chi connectivity index (χ4v) is 6.84. The number of carbonyl (C=O) groups excluding carboxylic acids is 2. The molecule has 0 fully saturated rings. The molecule has 0 amide bonds. The summed E-state index contributed by atoms with van der Waals surface area (Å²) in [6.07, 6.45) is 92.1. The molecule has 0 aromatic rings. The van der Waals surface area contributed by atoms with Gasteiger partial charge in [-0.15, -0.1) is 0 Å². The summed E-state index contributed by atoms with van der Waals surface area (Å²) in [4.78, 5) is 25.5. The average molecular weight is 988 g/mol. The number of allylic oxidation sites excluding steroid dienone is 30. The first-order valence-electron chi connectivity index (χ1n) is 28.3. The summed E-state index contributed by atoms with van der Waals surface area (Å²) in [5.74, 6) is -0.511. The zero-order valence-electron chi connectivity index (χ0n) is 45.9. The van der Waals surface area contributed by atoms with E-state index in [9.17, 15) is 9.59 Å². The molecule has 1 unspecified atom stereocenters. The Bertz CT molecular complexity index is 1680. The Labute approximate surface area is 442 Å². The zero-order valence-corrected chi connectivity index (χ0v) is 45.9. The van der Waals surface area contributed by atoms with Gasteiger partial charge in [-0.25, -0.2) is 0 Å². The molecule has 400 valence electrons. The van der Waals surface area contributed by atoms with Crippen LogP contribution in [0.2, 0.25) is 0 Å². The Morgan fingerprint density at radius 2 is 0.583 bits per heavy atom. The molecule has 0 bridgehead atoms. The van der Waals surface area contributed by atoms with Gasteiger partial charge in [0.2, 0.25) is 0 Å². The van der Waals surface area contributed by atoms with Gasteiger partial charge in [0.25, 0.3) is 0 Å². The minimum absolute atomic E-state index is 0.0205. The highest BCUT2D eigenvalue weighted by atomic mass is 16.6. The van der Waals surface area contributed by atoms with Crippen LogP contribution in [-0.4, -0.2) is 37.9 Å². The van der Waals surface area contributed by atoms with E-state index in [1.165, 1.54) is 0 Å². The lowest BCUT2D eigenvalue weighted by Crippen LogP contribution is -2.30. The molecule has 0 saturated carbocycles. The van der Waals surface area contributed by atoms with Crippen molar-refractivity contribution in [3.05, 3.63) is 182 Å². The highest BCUT2D eigenvalue weighted by molar-refractivity contribution is 5.70. The van der Waals surface area contributed by atoms with Gasteiger partial charge in [0.15, 0.2) is 6.10 Å². The van der Waals surface area contributed by atoms with Crippen molar-refractivity contribution in [2.75, 3.05) is 19.8 Å². The van der Waals surface area contributed by atoms with Gasteiger partial charge in [-0.3, -0.25) is 9.59 Å². The first-order chi connectivity index (χ1) is 35.6. The van der Waals surface area contributed by atoms with Gasteiger partial charge < -0.3 is 14.2 Å². The summed E-state index contributed by atoms with van der Waals surface area (Å²) in [5, 5.41) is 0. The predicted molar refractivity (Wildman–Crippen MR) is 315 cm³/mol. The fraction of sp³-hybridized carbons (Fsp3) is 0.522. The molecule has 1 atom stereocenters. The molecule has 0 aliphatic carbocycles. The maximum absolute atomic E-state index is 12.9. The first-order valence-corrected chi connectivity index (χ1v) is 28.3. The van der Waals surface area contributed by atoms with Crippen molar-refractivity contribution in [1.29, 1.82) is 0 Å². The maximum Gasteiger partial charge on any atom is 0.306 e. The van der Waals surface area contributed by atoms with Crippen LogP contribution in [0.15, 0.2) is 182 Å². The molecule has 0 aromatic carbocycles. The Morgan fingerprint density at radius 1 is 0.306 bits per heavy atom. The summed E-state index contributed by atoms with van der Waals surface area (Å²) < 4.78 is 17.4. The standard InChI is InChI=1S/C67H102O5/c1-4-7-10-13-16-19-22-25-28-31-33-35-38-41-44-47-50-53-56-59-62-70-63-65(72-67(69)61-58-55-52-49-46-43-40-36-30-27-24-21-18-15-12-9-6-3)64-71-66(68)60-57-54-51-48-45-42-39-37-34-32-29-26-23-20-17-14-11-8-5-2/h7-12,16-21,25-30,33-35,37,40-45,50,53,65H,4-6,13-15,22-24,31-32,36,38-39,46-49,51-52,54-64H2,1-3H3/b10-7-,11-8-,12-9-,19-16-,20-17-,21-18-,28-25-,29-26-,30-27-,35-33-,37-34-,43-40-,44-41-,45-42-,53-50-. The van der Waals surface area contributed by atoms with Crippen LogP contribution in [0.25, 0.3) is 0 Å². The van der Waals surface area contributed by atoms with Crippen molar-refractivity contribution in [3.63, 3.8) is 0 Å². The van der Waals surface area contributed by atoms with E-state index in [1.807, 2.05) is 0 Å². The molecular formula is C67H102O5. The van der Waals surface area contributed by atoms with Gasteiger partial charge in [0.05, 0.1) is 6.61 Å². The number of hydrogen-bond donors (Lipinski definition) is 0. The maximum atomic E-state index is 12.9. The molecule has 5 nitrogen and oxygen atoms in total. The molecule has 0 heterocycles. The molecule has 5 heteroatoms. The van der Waals surface area contributed by atoms with E-state index < -0.39 is 6.10 Å². The van der Waals surface area contributed by atoms with Crippen molar-refractivity contribution in [1.82, 2.24) is 0 Å². The zero-order chi connectivity index (χ0) is 52.0. The van der Waals surface area contributed by atoms with E-state index >= 15 is 0 Å². The van der Waals surface area contributed by atoms with E-state index in [0.29, 0.717) is 19.4 Å². The van der Waals surface area contributed by atoms with E-state index in [0.717, 1.165) is 167 Å². The number of ether oxygens (including phenoxy) is 3. The third-order valence-electron chi connectivity index (χ3n) is 10.9. The molecule has 0 aliphatic heterocycles. The molecule has 0 saturated heterocycles. The van der Waals surface area contributed by atoms with Crippen LogP contribution >= 0.6 is 0 Å². The summed E-state index contributed by atoms with van der Waals surface area (Å²) in [7, 11) is 0. The second-order valence-corrected chi connectivity index (χ2v) is 17.7. The lowest BCUT2D eigenvalue weighted by atomic mass is 10.1. The van der Waals surface area contributed by atoms with Crippen LogP contribution in [0.3, 0.4) is 0 Å². The Kier molecular flexibility index (Phi) is 56.1. The predicted octanol–water partition coefficient (Wildman–Crippen LogP) is 19.8. The number of unbranched alkanes of at least 4 members (excludes halogenated alkanes) is 8. The van der Waals surface area contributed by atoms with E-state index in [4.69, 9.17) is 14.2 Å². The van der Waals surface area contributed by atoms with Crippen molar-refractivity contribution >= 4 is 11.9 Å². The van der Waals surface area contributed by atoms with E-state index in [1.54, 1.807) is 0 Å². The minimum atomic E-state index is -0.610. The number of hydrogen-bond acceptors (Lipinski definition) is 5. The number of esters is 2. The third kappa shape index (κ3) is 57.6. The number of carbonyl (C=O) groups is 2. The van der Waals surface area contributed by atoms with E-state index in [-0.39, 0.29) is 25.2 Å². The average Bonchev–Trinajstić information content (AvgIpc) is 3.38. The molecule has 0 aliphatic rings. The smallest absolute Gasteiger partial charge is 0.306 e. The highest BCUT2D eigenvalue weighted by Gasteiger charge is 2.17. The van der Waals surface area contributed by atoms with Crippen molar-refractivity contribution in [2.24, 2.45) is 0 Å². The monoisotopic (exact) mass is 987 g/mol. The molecule has 0 radical (unpaired) electrons. The summed E-state index contributed by atoms with van der Waals surface area (Å²) in [6.45, 7) is 7.25. The fourth-order valence-electron chi connectivity index (χ4n) is 6.84. The Balaban J connectivity index is 4.55. The molecule has 72 heavy (non-hydrogen) atoms. The number of rotatable bonds is 49. The molecular weight excluding hydrogens is 885 g/mol. The summed E-state index contributed by atoms with van der Waals surface area (Å²) in [6, 6.07) is 0. The third-order valence-corrected chi connectivity index (χ3v) is 10.9. The van der Waals surface area contributed by atoms with Gasteiger partial charge in [-0.2, -0.15) is 0 Å². The van der Waals surface area contributed by atoms with Gasteiger partial charge >= 0.3 is 11.9 Å². The molecule has 0 N–H and O–H groups in total. The molecule has 0 aromatic heterocycles. The van der Waals surface area contributed by atoms with Crippen LogP contribution in [-0.2, 0) is 23.8 Å². The summed E-state index contributed by atoms with van der Waals surface area (Å²) in [5.41, 5.74) is 0. The topological polar surface area (TPSA) is 61.8 Å². The van der Waals surface area contributed by atoms with Crippen LogP contribution in [0.1, 0.15) is 201 Å². The van der Waals surface area contributed by atoms with Crippen LogP contribution in [0, 0.1) is 0 Å². The van der Waals surface area contributed by atoms with E-state index in [2.05, 4.69) is 203 Å². The molecule has 0 spiro atoms.